The molecule has 1 heterocycles. The lowest BCUT2D eigenvalue weighted by Crippen LogP contribution is -2.55. The first-order valence-electron chi connectivity index (χ1n) is 14.4. The zero-order chi connectivity index (χ0) is 25.1. The fourth-order valence-corrected chi connectivity index (χ4v) is 9.11. The Labute approximate surface area is 215 Å². The van der Waals surface area contributed by atoms with Crippen molar-refractivity contribution in [2.24, 2.45) is 29.6 Å². The average molecular weight is 522 g/mol. The van der Waals surface area contributed by atoms with Crippen molar-refractivity contribution in [3.8, 4) is 5.88 Å². The Morgan fingerprint density at radius 2 is 1.67 bits per heavy atom. The largest absolute Gasteiger partial charge is 0.477 e. The summed E-state index contributed by atoms with van der Waals surface area (Å²) in [5.74, 6) is 3.84. The number of nitrogens with one attached hydrogen (secondary N) is 1. The molecule has 1 amide bonds. The first-order valence-corrected chi connectivity index (χ1v) is 16.1. The molecule has 0 aromatic carbocycles. The molecule has 8 nitrogen and oxygen atoms in total. The Bertz CT molecular complexity index is 906. The Balaban J connectivity index is 1.30. The number of ether oxygens (including phenoxy) is 1. The van der Waals surface area contributed by atoms with E-state index < -0.39 is 7.60 Å². The van der Waals surface area contributed by atoms with Gasteiger partial charge in [-0.2, -0.15) is 5.10 Å². The van der Waals surface area contributed by atoms with Crippen LogP contribution in [0.3, 0.4) is 0 Å². The van der Waals surface area contributed by atoms with Crippen molar-refractivity contribution in [1.82, 2.24) is 15.1 Å². The Hall–Kier alpha value is -1.37. The molecule has 0 aliphatic heterocycles. The number of carbonyl (C=O) groups is 1. The lowest BCUT2D eigenvalue weighted by Gasteiger charge is -2.54. The van der Waals surface area contributed by atoms with E-state index in [1.54, 1.807) is 10.9 Å². The molecule has 5 aliphatic rings. The number of aryl methyl sites for hydroxylation is 1. The van der Waals surface area contributed by atoms with Gasteiger partial charge in [0.15, 0.2) is 0 Å². The number of nitrogens with zero attached hydrogens (tertiary/aromatic N) is 2. The van der Waals surface area contributed by atoms with Crippen LogP contribution in [0.1, 0.15) is 88.4 Å². The quantitative estimate of drug-likeness (QED) is 0.357. The van der Waals surface area contributed by atoms with E-state index in [-0.39, 0.29) is 18.1 Å². The molecule has 0 spiro atoms. The third-order valence-corrected chi connectivity index (χ3v) is 11.0. The molecule has 4 bridgehead atoms. The molecule has 5 saturated carbocycles. The number of hydrogen-bond acceptors (Lipinski definition) is 6. The number of hydrogen-bond donors (Lipinski definition) is 1. The molecule has 0 saturated heterocycles. The summed E-state index contributed by atoms with van der Waals surface area (Å²) in [5, 5.41) is 7.91. The third-order valence-electron chi connectivity index (χ3n) is 8.98. The summed E-state index contributed by atoms with van der Waals surface area (Å²) in [5.41, 5.74) is 0.488. The van der Waals surface area contributed by atoms with Crippen LogP contribution in [0.25, 0.3) is 0 Å². The van der Waals surface area contributed by atoms with E-state index in [4.69, 9.17) is 13.8 Å². The van der Waals surface area contributed by atoms with Crippen molar-refractivity contribution in [3.05, 3.63) is 11.8 Å². The summed E-state index contributed by atoms with van der Waals surface area (Å²) in [7, 11) is -3.22. The highest BCUT2D eigenvalue weighted by Gasteiger charge is 2.48. The van der Waals surface area contributed by atoms with Gasteiger partial charge in [0.05, 0.1) is 38.7 Å². The zero-order valence-corrected chi connectivity index (χ0v) is 22.9. The van der Waals surface area contributed by atoms with Crippen LogP contribution in [0.2, 0.25) is 0 Å². The minimum atomic E-state index is -3.22. The fraction of sp³-hybridized carbons (Fsp3) is 0.852. The maximum Gasteiger partial charge on any atom is 0.332 e. The molecular weight excluding hydrogens is 477 g/mol. The average Bonchev–Trinajstić information content (AvgIpc) is 3.27. The molecule has 5 aliphatic carbocycles. The molecule has 0 unspecified atom stereocenters. The highest BCUT2D eigenvalue weighted by atomic mass is 31.2. The molecule has 0 radical (unpaired) electrons. The third kappa shape index (κ3) is 5.86. The Morgan fingerprint density at radius 3 is 2.28 bits per heavy atom. The molecular formula is C27H44N3O5P. The smallest absolute Gasteiger partial charge is 0.332 e. The van der Waals surface area contributed by atoms with Crippen LogP contribution < -0.4 is 10.1 Å². The van der Waals surface area contributed by atoms with Gasteiger partial charge < -0.3 is 19.1 Å². The Morgan fingerprint density at radius 1 is 1.03 bits per heavy atom. The number of amides is 1. The molecule has 1 aromatic rings. The summed E-state index contributed by atoms with van der Waals surface area (Å²) in [4.78, 5) is 13.6. The van der Waals surface area contributed by atoms with Crippen molar-refractivity contribution in [3.63, 3.8) is 0 Å². The van der Waals surface area contributed by atoms with Gasteiger partial charge in [0.2, 0.25) is 5.88 Å². The van der Waals surface area contributed by atoms with Crippen molar-refractivity contribution < 1.29 is 23.1 Å². The van der Waals surface area contributed by atoms with Crippen LogP contribution in [0.15, 0.2) is 6.20 Å². The van der Waals surface area contributed by atoms with Gasteiger partial charge in [0.1, 0.15) is 5.56 Å². The normalized spacial score (nSPS) is 30.0. The van der Waals surface area contributed by atoms with Crippen LogP contribution in [-0.4, -0.2) is 47.7 Å². The summed E-state index contributed by atoms with van der Waals surface area (Å²) >= 11 is 0. The zero-order valence-electron chi connectivity index (χ0n) is 22.0. The molecule has 5 fully saturated rings. The first kappa shape index (κ1) is 26.2. The fourth-order valence-electron chi connectivity index (χ4n) is 7.56. The van der Waals surface area contributed by atoms with Crippen LogP contribution >= 0.6 is 7.60 Å². The van der Waals surface area contributed by atoms with Crippen molar-refractivity contribution >= 4 is 13.5 Å². The highest BCUT2D eigenvalue weighted by Crippen LogP contribution is 2.54. The van der Waals surface area contributed by atoms with Gasteiger partial charge in [0, 0.05) is 6.04 Å². The number of carbonyl (C=O) groups excluding carboxylic acids is 1. The van der Waals surface area contributed by atoms with Gasteiger partial charge in [-0.3, -0.25) is 9.36 Å². The van der Waals surface area contributed by atoms with Gasteiger partial charge in [-0.1, -0.05) is 19.3 Å². The van der Waals surface area contributed by atoms with E-state index in [0.717, 1.165) is 24.7 Å². The van der Waals surface area contributed by atoms with Crippen molar-refractivity contribution in [2.75, 3.05) is 26.0 Å². The number of rotatable bonds is 12. The lowest BCUT2D eigenvalue weighted by atomic mass is 9.54. The molecule has 202 valence electrons. The predicted molar refractivity (Wildman–Crippen MR) is 138 cm³/mol. The van der Waals surface area contributed by atoms with Gasteiger partial charge in [-0.15, -0.1) is 0 Å². The van der Waals surface area contributed by atoms with Gasteiger partial charge in [0.25, 0.3) is 5.91 Å². The lowest BCUT2D eigenvalue weighted by molar-refractivity contribution is -0.0120. The first-order chi connectivity index (χ1) is 17.5. The summed E-state index contributed by atoms with van der Waals surface area (Å²) in [6.07, 6.45) is 14.3. The molecule has 36 heavy (non-hydrogen) atoms. The standard InChI is InChI=1S/C27H44N3O5P/c1-3-34-36(32,35-4-2)11-10-30-27(33-18-19-8-6-5-7-9-19)24(17-28-30)26(31)29-25-22-13-20-12-21(15-22)16-23(25)14-20/h17,19-23,25H,3-16,18H2,1-2H3,(H,29,31). The van der Waals surface area contributed by atoms with Crippen LogP contribution in [0.4, 0.5) is 0 Å². The topological polar surface area (TPSA) is 91.7 Å². The molecule has 6 rings (SSSR count). The molecule has 1 N–H and O–H groups in total. The summed E-state index contributed by atoms with van der Waals surface area (Å²) in [6.45, 7) is 5.15. The van der Waals surface area contributed by atoms with E-state index in [9.17, 15) is 9.36 Å². The van der Waals surface area contributed by atoms with E-state index >= 15 is 0 Å². The monoisotopic (exact) mass is 521 g/mol. The van der Waals surface area contributed by atoms with Crippen LogP contribution in [0.5, 0.6) is 5.88 Å². The second-order valence-corrected chi connectivity index (χ2v) is 13.7. The highest BCUT2D eigenvalue weighted by molar-refractivity contribution is 7.53. The van der Waals surface area contributed by atoms with Crippen molar-refractivity contribution in [2.45, 2.75) is 90.6 Å². The van der Waals surface area contributed by atoms with E-state index in [1.807, 2.05) is 13.8 Å². The van der Waals surface area contributed by atoms with Crippen molar-refractivity contribution in [1.29, 1.82) is 0 Å². The predicted octanol–water partition coefficient (Wildman–Crippen LogP) is 5.66. The summed E-state index contributed by atoms with van der Waals surface area (Å²) in [6, 6.07) is 0.260. The summed E-state index contributed by atoms with van der Waals surface area (Å²) < 4.78 is 32.0. The molecule has 9 heteroatoms. The number of aromatic nitrogens is 2. The molecule has 0 atom stereocenters. The second-order valence-electron chi connectivity index (χ2n) is 11.5. The SMILES string of the molecule is CCOP(=O)(CCn1ncc(C(=O)NC2C3CC4CC(C3)CC2C4)c1OCC1CCCCC1)OCC. The van der Waals surface area contributed by atoms with Gasteiger partial charge >= 0.3 is 7.60 Å². The van der Waals surface area contributed by atoms with E-state index in [2.05, 4.69) is 10.4 Å². The minimum Gasteiger partial charge on any atom is -0.477 e. The Kier molecular flexibility index (Phi) is 8.44. The molecule has 1 aromatic heterocycles. The van der Waals surface area contributed by atoms with E-state index in [1.165, 1.54) is 51.4 Å². The van der Waals surface area contributed by atoms with E-state index in [0.29, 0.717) is 55.6 Å². The van der Waals surface area contributed by atoms with Crippen LogP contribution in [-0.2, 0) is 20.2 Å². The maximum absolute atomic E-state index is 13.6. The second kappa shape index (κ2) is 11.6. The minimum absolute atomic E-state index is 0.0878. The van der Waals surface area contributed by atoms with Gasteiger partial charge in [-0.05, 0) is 88.4 Å². The van der Waals surface area contributed by atoms with Crippen LogP contribution in [0, 0.1) is 29.6 Å². The van der Waals surface area contributed by atoms with Gasteiger partial charge in [-0.25, -0.2) is 4.68 Å². The maximum atomic E-state index is 13.6.